The maximum atomic E-state index is 14.5. The van der Waals surface area contributed by atoms with Crippen LogP contribution in [0.5, 0.6) is 0 Å². The van der Waals surface area contributed by atoms with E-state index in [1.165, 1.54) is 7.11 Å². The van der Waals surface area contributed by atoms with E-state index in [9.17, 15) is 56.8 Å². The lowest BCUT2D eigenvalue weighted by molar-refractivity contribution is -0.181. The van der Waals surface area contributed by atoms with Gasteiger partial charge < -0.3 is 29.8 Å². The van der Waals surface area contributed by atoms with E-state index in [1.807, 2.05) is 79.4 Å². The molecule has 0 aromatic carbocycles. The molecule has 2 N–H and O–H groups in total. The summed E-state index contributed by atoms with van der Waals surface area (Å²) in [7, 11) is 0.656. The first-order chi connectivity index (χ1) is 56.9. The lowest BCUT2D eigenvalue weighted by Gasteiger charge is -2.69. The number of ketones is 6. The van der Waals surface area contributed by atoms with E-state index in [1.54, 1.807) is 12.2 Å². The Balaban J connectivity index is 0.000000172. The number of methoxy groups -OCH3 is 1. The molecular weight excluding hydrogens is 1530 g/mol. The molecule has 15 nitrogen and oxygen atoms in total. The van der Waals surface area contributed by atoms with Gasteiger partial charge in [0.1, 0.15) is 6.54 Å². The van der Waals surface area contributed by atoms with Gasteiger partial charge in [-0.2, -0.15) is 18.4 Å². The summed E-state index contributed by atoms with van der Waals surface area (Å²) in [5, 5.41) is 15.8. The fourth-order valence-corrected chi connectivity index (χ4v) is 30.5. The van der Waals surface area contributed by atoms with Crippen LogP contribution >= 0.6 is 8.58 Å². The summed E-state index contributed by atoms with van der Waals surface area (Å²) in [6.07, 6.45) is 23.7. The highest BCUT2D eigenvalue weighted by Crippen LogP contribution is 2.79. The molecule has 0 spiro atoms. The van der Waals surface area contributed by atoms with Crippen LogP contribution in [0.1, 0.15) is 293 Å². The number of nitriles is 1. The fraction of sp³-hybridized carbons (Fsp3) is 0.762. The number of carbonyl (C=O) groups excluding carboxylic acids is 8. The van der Waals surface area contributed by atoms with E-state index in [2.05, 4.69) is 140 Å². The Bertz CT molecular complexity index is 4800. The number of hydrogen-bond donors (Lipinski definition) is 2. The van der Waals surface area contributed by atoms with Gasteiger partial charge in [0.05, 0.1) is 44.8 Å². The van der Waals surface area contributed by atoms with E-state index < -0.39 is 97.8 Å². The zero-order valence-corrected chi connectivity index (χ0v) is 77.7. The van der Waals surface area contributed by atoms with E-state index in [-0.39, 0.29) is 143 Å². The van der Waals surface area contributed by atoms with Crippen LogP contribution < -0.4 is 10.6 Å². The number of hydrogen-bond acceptors (Lipinski definition) is 10. The van der Waals surface area contributed by atoms with E-state index in [0.717, 1.165) is 119 Å². The predicted molar refractivity (Wildman–Crippen MR) is 466 cm³/mol. The lowest BCUT2D eigenvalue weighted by atomic mass is 9.34. The van der Waals surface area contributed by atoms with Crippen LogP contribution in [-0.4, -0.2) is 93.2 Å². The van der Waals surface area contributed by atoms with Gasteiger partial charge in [0.2, 0.25) is 28.9 Å². The minimum Gasteiger partial charge on any atom is -0.388 e. The fourth-order valence-electron chi connectivity index (χ4n) is 30.5. The van der Waals surface area contributed by atoms with Gasteiger partial charge in [-0.25, -0.2) is 14.5 Å². The van der Waals surface area contributed by atoms with Crippen molar-refractivity contribution in [2.24, 2.45) is 151 Å². The number of rotatable bonds is 4. The number of halogens is 3. The number of nitrogens with one attached hydrogen (secondary N) is 2. The third-order valence-corrected chi connectivity index (χ3v) is 37.4. The molecule has 0 saturated heterocycles. The average Bonchev–Trinajstić information content (AvgIpc) is 0.677. The molecule has 9 saturated carbocycles. The van der Waals surface area contributed by atoms with E-state index >= 15 is 0 Å². The van der Waals surface area contributed by atoms with Crippen molar-refractivity contribution in [3.63, 3.8) is 0 Å². The Morgan fingerprint density at radius 3 is 1.07 bits per heavy atom. The molecule has 0 radical (unpaired) electrons. The average molecular weight is 1680 g/mol. The summed E-state index contributed by atoms with van der Waals surface area (Å²) in [5.41, 5.74) is -3.68. The van der Waals surface area contributed by atoms with Crippen molar-refractivity contribution in [2.75, 3.05) is 40.5 Å². The Kier molecular flexibility index (Phi) is 22.6. The zero-order valence-electron chi connectivity index (χ0n) is 80.7. The van der Waals surface area contributed by atoms with Crippen LogP contribution in [0.15, 0.2) is 70.3 Å². The van der Waals surface area contributed by atoms with Crippen LogP contribution in [0.2, 0.25) is 0 Å². The van der Waals surface area contributed by atoms with Gasteiger partial charge in [-0.15, -0.1) is 8.58 Å². The van der Waals surface area contributed by atoms with E-state index in [0.29, 0.717) is 47.2 Å². The molecule has 656 valence electrons. The number of alkyl halides is 3. The summed E-state index contributed by atoms with van der Waals surface area (Å²) < 4.78 is 69.1. The van der Waals surface area contributed by atoms with Gasteiger partial charge in [-0.1, -0.05) is 180 Å². The van der Waals surface area contributed by atoms with Crippen molar-refractivity contribution in [1.29, 1.82) is 5.26 Å². The predicted octanol–water partition coefficient (Wildman–Crippen LogP) is 22.2. The van der Waals surface area contributed by atoms with Gasteiger partial charge >= 0.3 is 6.18 Å². The molecule has 15 aliphatic rings. The molecule has 15 rings (SSSR count). The van der Waals surface area contributed by atoms with Crippen molar-refractivity contribution < 1.29 is 61.7 Å². The second-order valence-electron chi connectivity index (χ2n) is 45.9. The highest BCUT2D eigenvalue weighted by atomic mass is 31.1. The van der Waals surface area contributed by atoms with Gasteiger partial charge in [0.15, 0.2) is 34.7 Å². The lowest BCUT2D eigenvalue weighted by Crippen LogP contribution is -2.66. The monoisotopic (exact) mass is 1680 g/mol. The van der Waals surface area contributed by atoms with Crippen LogP contribution in [0.25, 0.3) is 14.5 Å². The number of carbonyl (C=O) groups is 8. The van der Waals surface area contributed by atoms with Crippen molar-refractivity contribution in [1.82, 2.24) is 10.6 Å². The molecular formula is C101H142F3N6O9P. The summed E-state index contributed by atoms with van der Waals surface area (Å²) in [6.45, 7) is 71.0. The molecule has 0 aromatic rings. The van der Waals surface area contributed by atoms with Gasteiger partial charge in [0.25, 0.3) is 0 Å². The first kappa shape index (κ1) is 88.4. The van der Waals surface area contributed by atoms with Crippen LogP contribution in [0, 0.1) is 182 Å². The molecule has 19 heteroatoms. The van der Waals surface area contributed by atoms with Crippen LogP contribution in [-0.2, 0) is 43.1 Å². The zero-order chi connectivity index (χ0) is 93.1. The van der Waals surface area contributed by atoms with Gasteiger partial charge in [-0.05, 0) is 258 Å². The molecule has 1 unspecified atom stereocenters. The van der Waals surface area contributed by atoms with Crippen molar-refractivity contribution in [3.8, 4) is 6.07 Å². The maximum Gasteiger partial charge on any atom is 0.405 e. The second-order valence-corrected chi connectivity index (χ2v) is 46.5. The third-order valence-electron chi connectivity index (χ3n) is 37.4. The van der Waals surface area contributed by atoms with E-state index in [4.69, 9.17) is 25.2 Å². The molecule has 22 atom stereocenters. The van der Waals surface area contributed by atoms with Crippen molar-refractivity contribution in [3.05, 3.63) is 105 Å². The highest BCUT2D eigenvalue weighted by Gasteiger charge is 2.75. The molecule has 15 aliphatic carbocycles. The Labute approximate surface area is 724 Å². The van der Waals surface area contributed by atoms with Crippen LogP contribution in [0.3, 0.4) is 0 Å². The quantitative estimate of drug-likeness (QED) is 0.201. The van der Waals surface area contributed by atoms with Gasteiger partial charge in [-0.3, -0.25) is 24.0 Å². The van der Waals surface area contributed by atoms with Crippen molar-refractivity contribution in [2.45, 2.75) is 293 Å². The maximum absolute atomic E-state index is 14.5. The minimum atomic E-state index is -4.51. The number of allylic oxidation sites excluding steroid dienone is 12. The normalized spacial score (nSPS) is 43.6. The number of fused-ring (bicyclic) bond motifs is 21. The topological polar surface area (TPSA) is 207 Å². The molecule has 2 amide bonds. The Morgan fingerprint density at radius 1 is 0.492 bits per heavy atom. The summed E-state index contributed by atoms with van der Waals surface area (Å²) >= 11 is 0. The number of amides is 2. The Hall–Kier alpha value is -6.46. The van der Waals surface area contributed by atoms with Gasteiger partial charge in [0, 0.05) is 73.7 Å². The smallest absolute Gasteiger partial charge is 0.388 e. The number of ether oxygens (including phenoxy) is 1. The summed E-state index contributed by atoms with van der Waals surface area (Å²) in [6, 6.07) is 2.74. The summed E-state index contributed by atoms with van der Waals surface area (Å²) in [4.78, 5) is 121. The van der Waals surface area contributed by atoms with Crippen molar-refractivity contribution >= 4 is 55.1 Å². The molecule has 9 fully saturated rings. The second kappa shape index (κ2) is 30.7. The first-order valence-electron chi connectivity index (χ1n) is 46.9. The molecule has 0 heterocycles. The SMILES string of the molecule is [2H]C([2H])OC.[2H]C([2H])PC.[C-]#[N+]C1=C[C@]2(C)C3=CC(=O)[C@@H]4[C@@H]5CC(C)(C)CC[C@]5(C#N)CC[C@@]4(C)[C@]3(C)CC[C@H]2C(C)(C)C1=O.[C-]#[N+]C1=C[C@]2(C)C3=CC(=O)[C@@H]4[C@@H]5CC(C)(C)CC[C@]5(C(=O)NCC(F)(F)F)CC[C@@]4(C)[C@]3(C)CC[C@H]2C(C)(C)C1=O.[C-]#[N+]C1=C[C@]2(C)C3=CC(=O)[C@@H]4[C@@H]5CC(C)(C)CC[C@]5(C(=O)NCC)CC[C@@]4(C)[C@]3(C)CC[C@H]2C(C)(C)C1=O. The molecule has 0 aliphatic heterocycles. The summed E-state index contributed by atoms with van der Waals surface area (Å²) in [5.74, 6) is -1.51. The molecule has 120 heavy (non-hydrogen) atoms. The largest absolute Gasteiger partial charge is 0.405 e. The number of Topliss-reactive ketones (excluding diaryl/α,β-unsaturated/α-hetero) is 3. The molecule has 0 bridgehead atoms. The highest BCUT2D eigenvalue weighted by molar-refractivity contribution is 7.35. The number of nitrogens with zero attached hydrogens (tertiary/aromatic N) is 4. The van der Waals surface area contributed by atoms with Crippen LogP contribution in [0.4, 0.5) is 13.2 Å². The molecule has 0 aromatic heterocycles. The minimum absolute atomic E-state index is 0.0166. The third kappa shape index (κ3) is 13.8. The first-order valence-corrected chi connectivity index (χ1v) is 46.2. The standard InChI is InChI=1S/C33H43F3N2O3.C33H46N2O3.C31H40N2O2.C2H6O.C2H7P/c1-27(2)11-13-32(26(41)38-18-33(34,35)36)14-12-31(7)24(19(32)16-27)21(39)15-23-29(5)17-20(37-8)25(40)28(3,4)22(29)9-10-30(23,31)6;1-10-35-27(38)33-15-13-28(2,3)18-20(33)25-22(36)17-24-30(6)19-21(34-9)26(37)29(4,5)23(30)11-12-31(24,7)32(25,8)14-16-33;1-26(2)11-13-31(18-32)14-12-30(7)24(19(31)16-26)21(34)15-23-28(5)17-20(33-8)25(35)27(3,4)22(28)9-10-29(23,30)6;2*1-3-2/h15,17,19,22,24H,9-14,16,18H2,1-7H3,(H,38,41);17,19-20,23,25H,10-16,18H2,1-8H3,(H,35,38);15,17,19,22,24H,9-14,16H2,1-7H3;1-2H3;3H,1-2H3/t19-,22-,24-,29-,30+,31+,32-;20-,23-,25-,30-,31+,32+,33-;19-,22-,24-,28-,29+,30+,31+;;/m000../s1/i;;;2*1D2. The Morgan fingerprint density at radius 2 is 0.775 bits per heavy atom.